The van der Waals surface area contributed by atoms with Gasteiger partial charge in [-0.25, -0.2) is 0 Å². The zero-order valence-corrected chi connectivity index (χ0v) is 21.3. The Morgan fingerprint density at radius 2 is 1.79 bits per heavy atom. The maximum Gasteiger partial charge on any atom is 0.416 e. The lowest BCUT2D eigenvalue weighted by Gasteiger charge is -2.58. The van der Waals surface area contributed by atoms with Gasteiger partial charge in [0.05, 0.1) is 29.1 Å². The Hall–Kier alpha value is -3.31. The maximum absolute atomic E-state index is 13.1. The number of nitrogens with one attached hydrogen (secondary N) is 1. The molecule has 2 N–H and O–H groups in total. The molecule has 3 fully saturated rings. The van der Waals surface area contributed by atoms with Crippen LogP contribution in [0.4, 0.5) is 13.2 Å². The second-order valence-electron chi connectivity index (χ2n) is 11.2. The quantitative estimate of drug-likeness (QED) is 0.576. The van der Waals surface area contributed by atoms with Gasteiger partial charge in [-0.15, -0.1) is 0 Å². The number of carbonyl (C=O) groups is 3. The molecule has 39 heavy (non-hydrogen) atoms. The third-order valence-corrected chi connectivity index (χ3v) is 8.99. The molecule has 2 saturated heterocycles. The molecule has 1 saturated carbocycles. The van der Waals surface area contributed by atoms with Gasteiger partial charge in [0.15, 0.2) is 0 Å². The first-order valence-corrected chi connectivity index (χ1v) is 13.3. The normalized spacial score (nSPS) is 26.9. The Bertz CT molecular complexity index is 1340. The van der Waals surface area contributed by atoms with Crippen molar-refractivity contribution in [2.24, 2.45) is 5.41 Å². The van der Waals surface area contributed by atoms with Crippen LogP contribution in [0.5, 0.6) is 0 Å². The number of likely N-dealkylation sites (tertiary alicyclic amines) is 1. The number of nitrogens with zero attached hydrogens (tertiary/aromatic N) is 3. The van der Waals surface area contributed by atoms with E-state index in [4.69, 9.17) is 4.98 Å². The Morgan fingerprint density at radius 1 is 1.05 bits per heavy atom. The van der Waals surface area contributed by atoms with Crippen LogP contribution in [-0.4, -0.2) is 56.7 Å². The molecular formula is C28H29F3N4O4. The minimum absolute atomic E-state index is 0.136. The number of piperidine rings is 2. The highest BCUT2D eigenvalue weighted by Crippen LogP contribution is 2.57. The van der Waals surface area contributed by atoms with Crippen molar-refractivity contribution in [1.82, 2.24) is 20.1 Å². The molecule has 4 aliphatic rings. The number of hydrogen-bond donors (Lipinski definition) is 2. The van der Waals surface area contributed by atoms with E-state index in [2.05, 4.69) is 10.2 Å². The molecule has 1 aromatic carbocycles. The molecule has 0 radical (unpaired) electrons. The van der Waals surface area contributed by atoms with Crippen LogP contribution in [0.25, 0.3) is 0 Å². The first-order valence-electron chi connectivity index (χ1n) is 13.3. The van der Waals surface area contributed by atoms with Crippen LogP contribution in [0.1, 0.15) is 71.4 Å². The Kier molecular flexibility index (Phi) is 6.07. The first kappa shape index (κ1) is 25.9. The van der Waals surface area contributed by atoms with Crippen LogP contribution in [0, 0.1) is 5.41 Å². The first-order chi connectivity index (χ1) is 18.5. The molecule has 2 aromatic rings. The molecule has 206 valence electrons. The number of amides is 3. The van der Waals surface area contributed by atoms with Gasteiger partial charge < -0.3 is 10.0 Å². The maximum atomic E-state index is 13.1. The summed E-state index contributed by atoms with van der Waals surface area (Å²) in [4.78, 5) is 45.4. The van der Waals surface area contributed by atoms with Gasteiger partial charge in [-0.2, -0.15) is 13.2 Å². The van der Waals surface area contributed by atoms with Gasteiger partial charge in [0.25, 0.3) is 5.91 Å². The van der Waals surface area contributed by atoms with Gasteiger partial charge in [-0.05, 0) is 55.5 Å². The number of benzene rings is 1. The number of pyridine rings is 1. The largest absolute Gasteiger partial charge is 0.416 e. The summed E-state index contributed by atoms with van der Waals surface area (Å²) in [6, 6.07) is 7.85. The Morgan fingerprint density at radius 3 is 2.44 bits per heavy atom. The highest BCUT2D eigenvalue weighted by molar-refractivity contribution is 6.05. The van der Waals surface area contributed by atoms with E-state index in [9.17, 15) is 32.7 Å². The van der Waals surface area contributed by atoms with Crippen molar-refractivity contribution in [2.45, 2.75) is 69.4 Å². The number of halogens is 3. The number of imide groups is 1. The van der Waals surface area contributed by atoms with Gasteiger partial charge in [0.2, 0.25) is 11.8 Å². The topological polar surface area (TPSA) is 103 Å². The molecule has 2 atom stereocenters. The summed E-state index contributed by atoms with van der Waals surface area (Å²) in [5.41, 5.74) is -0.121. The summed E-state index contributed by atoms with van der Waals surface area (Å²) in [7, 11) is 0. The lowest BCUT2D eigenvalue weighted by molar-refractivity contribution is -0.183. The van der Waals surface area contributed by atoms with Gasteiger partial charge in [-0.1, -0.05) is 18.6 Å². The fourth-order valence-electron chi connectivity index (χ4n) is 6.66. The van der Waals surface area contributed by atoms with E-state index < -0.39 is 34.7 Å². The number of aromatic nitrogens is 1. The van der Waals surface area contributed by atoms with E-state index in [1.807, 2.05) is 0 Å². The second kappa shape index (κ2) is 9.12. The molecule has 8 nitrogen and oxygen atoms in total. The third-order valence-electron chi connectivity index (χ3n) is 8.99. The van der Waals surface area contributed by atoms with E-state index in [0.29, 0.717) is 43.0 Å². The average Bonchev–Trinajstić information content (AvgIpc) is 3.19. The van der Waals surface area contributed by atoms with Crippen molar-refractivity contribution in [2.75, 3.05) is 13.1 Å². The molecule has 4 heterocycles. The highest BCUT2D eigenvalue weighted by atomic mass is 19.4. The summed E-state index contributed by atoms with van der Waals surface area (Å²) < 4.78 is 38.8. The fourth-order valence-corrected chi connectivity index (χ4v) is 6.66. The monoisotopic (exact) mass is 542 g/mol. The second-order valence-corrected chi connectivity index (χ2v) is 11.2. The van der Waals surface area contributed by atoms with E-state index in [0.717, 1.165) is 37.0 Å². The van der Waals surface area contributed by atoms with Crippen LogP contribution in [0.15, 0.2) is 36.4 Å². The minimum atomic E-state index is -4.37. The standard InChI is InChI=1S/C28H29F3N4O4/c29-28(30,31)18-4-2-17(3-5-18)14-34-13-12-27(39,26(16-34)10-1-11-26)22-8-6-19-20(32-22)15-35(25(19)38)21-7-9-23(36)33-24(21)37/h2-6,8,21,39H,1,7,9-16H2,(H,33,36,37)/t21?,27-/m0/s1. The van der Waals surface area contributed by atoms with Crippen LogP contribution >= 0.6 is 0 Å². The number of fused-ring (bicyclic) bond motifs is 1. The van der Waals surface area contributed by atoms with Crippen molar-refractivity contribution in [3.05, 3.63) is 64.5 Å². The average molecular weight is 543 g/mol. The van der Waals surface area contributed by atoms with Gasteiger partial charge in [0.1, 0.15) is 11.6 Å². The number of hydrogen-bond acceptors (Lipinski definition) is 6. The van der Waals surface area contributed by atoms with Crippen LogP contribution < -0.4 is 5.32 Å². The summed E-state index contributed by atoms with van der Waals surface area (Å²) in [5, 5.41) is 14.4. The van der Waals surface area contributed by atoms with Gasteiger partial charge >= 0.3 is 6.18 Å². The molecule has 1 aliphatic carbocycles. The molecule has 1 unspecified atom stereocenters. The molecule has 1 aromatic heterocycles. The fraction of sp³-hybridized carbons (Fsp3) is 0.500. The molecule has 0 bridgehead atoms. The lowest BCUT2D eigenvalue weighted by Crippen LogP contribution is -2.61. The molecule has 6 rings (SSSR count). The summed E-state index contributed by atoms with van der Waals surface area (Å²) >= 11 is 0. The molecule has 3 aliphatic heterocycles. The number of carbonyl (C=O) groups excluding carboxylic acids is 3. The third kappa shape index (κ3) is 4.31. The van der Waals surface area contributed by atoms with Gasteiger partial charge in [0, 0.05) is 31.5 Å². The molecule has 1 spiro atoms. The number of aliphatic hydroxyl groups is 1. The van der Waals surface area contributed by atoms with Crippen LogP contribution in [-0.2, 0) is 34.5 Å². The number of rotatable bonds is 4. The summed E-state index contributed by atoms with van der Waals surface area (Å²) in [5.74, 6) is -1.14. The Labute approximate surface area is 223 Å². The van der Waals surface area contributed by atoms with Gasteiger partial charge in [-0.3, -0.25) is 29.6 Å². The lowest BCUT2D eigenvalue weighted by atomic mass is 9.54. The zero-order valence-electron chi connectivity index (χ0n) is 21.3. The minimum Gasteiger partial charge on any atom is -0.383 e. The zero-order chi connectivity index (χ0) is 27.6. The van der Waals surface area contributed by atoms with E-state index in [1.54, 1.807) is 12.1 Å². The van der Waals surface area contributed by atoms with Crippen LogP contribution in [0.2, 0.25) is 0 Å². The SMILES string of the molecule is O=C1CCC(N2Cc3nc([C@@]4(O)CCN(Cc5ccc(C(F)(F)F)cc5)CC45CCC5)ccc3C2=O)C(=O)N1. The van der Waals surface area contributed by atoms with E-state index in [1.165, 1.54) is 17.0 Å². The highest BCUT2D eigenvalue weighted by Gasteiger charge is 2.58. The van der Waals surface area contributed by atoms with E-state index in [-0.39, 0.29) is 31.2 Å². The van der Waals surface area contributed by atoms with E-state index >= 15 is 0 Å². The molecule has 11 heteroatoms. The number of alkyl halides is 3. The molecule has 3 amide bonds. The van der Waals surface area contributed by atoms with Crippen LogP contribution in [0.3, 0.4) is 0 Å². The van der Waals surface area contributed by atoms with Crippen molar-refractivity contribution in [3.63, 3.8) is 0 Å². The van der Waals surface area contributed by atoms with Crippen molar-refractivity contribution >= 4 is 17.7 Å². The van der Waals surface area contributed by atoms with Crippen molar-refractivity contribution in [3.8, 4) is 0 Å². The van der Waals surface area contributed by atoms with Crippen molar-refractivity contribution in [1.29, 1.82) is 0 Å². The van der Waals surface area contributed by atoms with Crippen molar-refractivity contribution < 1.29 is 32.7 Å². The Balaban J connectivity index is 1.20. The summed E-state index contributed by atoms with van der Waals surface area (Å²) in [6.07, 6.45) is -0.977. The molecular weight excluding hydrogens is 513 g/mol. The predicted molar refractivity (Wildman–Crippen MR) is 132 cm³/mol. The smallest absolute Gasteiger partial charge is 0.383 e. The predicted octanol–water partition coefficient (Wildman–Crippen LogP) is 3.13. The summed E-state index contributed by atoms with van der Waals surface area (Å²) in [6.45, 7) is 1.75.